The molecule has 23 heavy (non-hydrogen) atoms. The van der Waals surface area contributed by atoms with Gasteiger partial charge < -0.3 is 0 Å². The Morgan fingerprint density at radius 2 is 1.74 bits per heavy atom. The molecule has 0 fully saturated rings. The van der Waals surface area contributed by atoms with E-state index in [0.29, 0.717) is 16.3 Å². The third-order valence-electron chi connectivity index (χ3n) is 3.33. The molecule has 0 aliphatic rings. The number of nitrogens with zero attached hydrogens (tertiary/aromatic N) is 2. The van der Waals surface area contributed by atoms with Gasteiger partial charge in [0.1, 0.15) is 5.82 Å². The predicted octanol–water partition coefficient (Wildman–Crippen LogP) is 5.52. The fraction of sp³-hybridized carbons (Fsp3) is 0.118. The zero-order valence-electron chi connectivity index (χ0n) is 12.1. The Hall–Kier alpha value is -2.27. The third kappa shape index (κ3) is 3.24. The van der Waals surface area contributed by atoms with Gasteiger partial charge in [-0.05, 0) is 42.8 Å². The van der Waals surface area contributed by atoms with Crippen LogP contribution in [0.1, 0.15) is 11.3 Å². The smallest absolute Gasteiger partial charge is 0.299 e. The molecule has 2 aromatic carbocycles. The number of hydrogen-bond donors (Lipinski definition) is 0. The number of hydrogen-bond acceptors (Lipinski definition) is 1. The summed E-state index contributed by atoms with van der Waals surface area (Å²) < 4.78 is 40.6. The maximum Gasteiger partial charge on any atom is 0.434 e. The summed E-state index contributed by atoms with van der Waals surface area (Å²) in [5, 5.41) is 0.455. The van der Waals surface area contributed by atoms with E-state index in [9.17, 15) is 13.2 Å². The van der Waals surface area contributed by atoms with E-state index in [0.717, 1.165) is 11.8 Å². The van der Waals surface area contributed by atoms with Crippen molar-refractivity contribution >= 4 is 11.6 Å². The zero-order chi connectivity index (χ0) is 16.6. The summed E-state index contributed by atoms with van der Waals surface area (Å²) >= 11 is 6.04. The van der Waals surface area contributed by atoms with Gasteiger partial charge in [-0.2, -0.15) is 13.2 Å². The number of halogens is 4. The van der Waals surface area contributed by atoms with Crippen molar-refractivity contribution in [3.05, 3.63) is 71.0 Å². The quantitative estimate of drug-likeness (QED) is 0.602. The molecule has 3 aromatic rings. The van der Waals surface area contributed by atoms with E-state index in [1.54, 1.807) is 48.5 Å². The number of para-hydroxylation sites is 1. The lowest BCUT2D eigenvalue weighted by atomic mass is 10.1. The summed E-state index contributed by atoms with van der Waals surface area (Å²) in [6, 6.07) is 13.9. The standard InChI is InChI=1S/C17H12ClF3N2/c1-11-7-12(9-13(18)8-11)16-22-15(17(19,20)21)10-23(16)14-5-3-2-4-6-14/h2-10H,1H3. The normalized spacial score (nSPS) is 11.7. The van der Waals surface area contributed by atoms with Crippen molar-refractivity contribution in [1.82, 2.24) is 9.55 Å². The van der Waals surface area contributed by atoms with Crippen molar-refractivity contribution in [3.63, 3.8) is 0 Å². The minimum atomic E-state index is -4.51. The van der Waals surface area contributed by atoms with Crippen LogP contribution >= 0.6 is 11.6 Å². The van der Waals surface area contributed by atoms with E-state index in [4.69, 9.17) is 11.6 Å². The Kier molecular flexibility index (Phi) is 3.90. The van der Waals surface area contributed by atoms with Crippen LogP contribution in [-0.2, 0) is 6.18 Å². The van der Waals surface area contributed by atoms with Crippen molar-refractivity contribution in [1.29, 1.82) is 0 Å². The summed E-state index contributed by atoms with van der Waals surface area (Å²) in [5.74, 6) is 0.203. The highest BCUT2D eigenvalue weighted by Crippen LogP contribution is 2.33. The average Bonchev–Trinajstić information content (AvgIpc) is 2.92. The van der Waals surface area contributed by atoms with Gasteiger partial charge in [-0.25, -0.2) is 4.98 Å². The van der Waals surface area contributed by atoms with Crippen LogP contribution in [0.5, 0.6) is 0 Å². The van der Waals surface area contributed by atoms with Gasteiger partial charge in [-0.3, -0.25) is 4.57 Å². The molecule has 3 rings (SSSR count). The van der Waals surface area contributed by atoms with E-state index < -0.39 is 11.9 Å². The summed E-state index contributed by atoms with van der Waals surface area (Å²) in [4.78, 5) is 3.79. The van der Waals surface area contributed by atoms with E-state index in [1.807, 2.05) is 6.92 Å². The summed E-state index contributed by atoms with van der Waals surface area (Å²) in [6.07, 6.45) is -3.51. The van der Waals surface area contributed by atoms with Crippen molar-refractivity contribution in [2.24, 2.45) is 0 Å². The van der Waals surface area contributed by atoms with E-state index >= 15 is 0 Å². The second-order valence-corrected chi connectivity index (χ2v) is 5.61. The van der Waals surface area contributed by atoms with Crippen LogP contribution < -0.4 is 0 Å². The molecular formula is C17H12ClF3N2. The molecule has 0 aliphatic carbocycles. The van der Waals surface area contributed by atoms with Crippen LogP contribution in [-0.4, -0.2) is 9.55 Å². The SMILES string of the molecule is Cc1cc(Cl)cc(-c2nc(C(F)(F)F)cn2-c2ccccc2)c1. The lowest BCUT2D eigenvalue weighted by molar-refractivity contribution is -0.140. The Balaban J connectivity index is 2.24. The number of aryl methyl sites for hydroxylation is 1. The number of benzene rings is 2. The summed E-state index contributed by atoms with van der Waals surface area (Å²) in [6.45, 7) is 1.83. The minimum Gasteiger partial charge on any atom is -0.299 e. The fourth-order valence-corrected chi connectivity index (χ4v) is 2.66. The monoisotopic (exact) mass is 336 g/mol. The van der Waals surface area contributed by atoms with Crippen LogP contribution in [0.3, 0.4) is 0 Å². The van der Waals surface area contributed by atoms with Gasteiger partial charge in [0.2, 0.25) is 0 Å². The molecule has 0 saturated heterocycles. The molecule has 0 aliphatic heterocycles. The highest BCUT2D eigenvalue weighted by atomic mass is 35.5. The largest absolute Gasteiger partial charge is 0.434 e. The van der Waals surface area contributed by atoms with E-state index in [-0.39, 0.29) is 5.82 Å². The molecular weight excluding hydrogens is 325 g/mol. The predicted molar refractivity (Wildman–Crippen MR) is 83.7 cm³/mol. The van der Waals surface area contributed by atoms with Crippen molar-refractivity contribution in [2.75, 3.05) is 0 Å². The Labute approximate surface area is 136 Å². The van der Waals surface area contributed by atoms with Gasteiger partial charge in [0.15, 0.2) is 5.69 Å². The first-order chi connectivity index (χ1) is 10.8. The molecule has 0 amide bonds. The Morgan fingerprint density at radius 3 is 2.35 bits per heavy atom. The van der Waals surface area contributed by atoms with Crippen LogP contribution in [0.25, 0.3) is 17.1 Å². The zero-order valence-corrected chi connectivity index (χ0v) is 12.9. The molecule has 2 nitrogen and oxygen atoms in total. The molecule has 0 unspecified atom stereocenters. The van der Waals surface area contributed by atoms with E-state index in [1.165, 1.54) is 4.57 Å². The number of imidazole rings is 1. The van der Waals surface area contributed by atoms with Gasteiger partial charge >= 0.3 is 6.18 Å². The lowest BCUT2D eigenvalue weighted by Gasteiger charge is -2.08. The molecule has 118 valence electrons. The molecule has 0 spiro atoms. The number of alkyl halides is 3. The Morgan fingerprint density at radius 1 is 1.04 bits per heavy atom. The molecule has 0 saturated carbocycles. The molecule has 0 N–H and O–H groups in total. The lowest BCUT2D eigenvalue weighted by Crippen LogP contribution is -2.05. The second kappa shape index (κ2) is 5.74. The molecule has 6 heteroatoms. The summed E-state index contributed by atoms with van der Waals surface area (Å²) in [5.41, 5.74) is 1.05. The minimum absolute atomic E-state index is 0.203. The maximum atomic E-state index is 13.1. The number of rotatable bonds is 2. The van der Waals surface area contributed by atoms with Gasteiger partial charge in [0.05, 0.1) is 0 Å². The highest BCUT2D eigenvalue weighted by molar-refractivity contribution is 6.30. The van der Waals surface area contributed by atoms with Gasteiger partial charge in [0, 0.05) is 22.5 Å². The highest BCUT2D eigenvalue weighted by Gasteiger charge is 2.35. The van der Waals surface area contributed by atoms with E-state index in [2.05, 4.69) is 4.98 Å². The van der Waals surface area contributed by atoms with Gasteiger partial charge in [0.25, 0.3) is 0 Å². The second-order valence-electron chi connectivity index (χ2n) is 5.17. The molecule has 1 heterocycles. The Bertz CT molecular complexity index is 819. The topological polar surface area (TPSA) is 17.8 Å². The average molecular weight is 337 g/mol. The maximum absolute atomic E-state index is 13.1. The van der Waals surface area contributed by atoms with Crippen molar-refractivity contribution in [3.8, 4) is 17.1 Å². The molecule has 0 radical (unpaired) electrons. The first-order valence-corrected chi connectivity index (χ1v) is 7.22. The fourth-order valence-electron chi connectivity index (χ4n) is 2.37. The molecule has 0 atom stereocenters. The van der Waals surface area contributed by atoms with Crippen LogP contribution in [0.15, 0.2) is 54.7 Å². The molecule has 0 bridgehead atoms. The summed E-state index contributed by atoms with van der Waals surface area (Å²) in [7, 11) is 0. The van der Waals surface area contributed by atoms with Crippen LogP contribution in [0.4, 0.5) is 13.2 Å². The molecule has 1 aromatic heterocycles. The van der Waals surface area contributed by atoms with Crippen molar-refractivity contribution < 1.29 is 13.2 Å². The first-order valence-electron chi connectivity index (χ1n) is 6.84. The first kappa shape index (κ1) is 15.6. The van der Waals surface area contributed by atoms with Crippen molar-refractivity contribution in [2.45, 2.75) is 13.1 Å². The van der Waals surface area contributed by atoms with Gasteiger partial charge in [-0.1, -0.05) is 29.8 Å². The van der Waals surface area contributed by atoms with Gasteiger partial charge in [-0.15, -0.1) is 0 Å². The van der Waals surface area contributed by atoms with Crippen LogP contribution in [0.2, 0.25) is 5.02 Å². The number of aromatic nitrogens is 2. The third-order valence-corrected chi connectivity index (χ3v) is 3.55. The van der Waals surface area contributed by atoms with Crippen LogP contribution in [0, 0.1) is 6.92 Å².